The van der Waals surface area contributed by atoms with E-state index in [1.807, 2.05) is 17.7 Å². The summed E-state index contributed by atoms with van der Waals surface area (Å²) < 4.78 is 2.89. The standard InChI is InChI=1S/C21H19N3O3S/c1-12(2)13-8-9-16-17(10-13)28-21(23(16)3)22-18(25)11-24-19(26)14-6-4-5-7-15(14)20(24)27/h4-10,12H,11H2,1-3H3. The van der Waals surface area contributed by atoms with E-state index in [-0.39, 0.29) is 6.54 Å². The molecule has 0 N–H and O–H groups in total. The number of carbonyl (C=O) groups excluding carboxylic acids is 3. The van der Waals surface area contributed by atoms with E-state index in [4.69, 9.17) is 0 Å². The molecule has 3 aromatic rings. The molecule has 2 heterocycles. The van der Waals surface area contributed by atoms with E-state index in [1.165, 1.54) is 16.9 Å². The largest absolute Gasteiger partial charge is 0.319 e. The Morgan fingerprint density at radius 2 is 1.71 bits per heavy atom. The number of aryl methyl sites for hydroxylation is 1. The van der Waals surface area contributed by atoms with Crippen molar-refractivity contribution < 1.29 is 14.4 Å². The van der Waals surface area contributed by atoms with E-state index in [1.54, 1.807) is 24.3 Å². The van der Waals surface area contributed by atoms with Gasteiger partial charge >= 0.3 is 0 Å². The molecular formula is C21H19N3O3S. The Bertz CT molecular complexity index is 1170. The summed E-state index contributed by atoms with van der Waals surface area (Å²) in [4.78, 5) is 43.0. The maximum atomic E-state index is 12.5. The van der Waals surface area contributed by atoms with Gasteiger partial charge in [-0.2, -0.15) is 4.99 Å². The Morgan fingerprint density at radius 3 is 2.32 bits per heavy atom. The molecule has 0 aliphatic carbocycles. The van der Waals surface area contributed by atoms with Crippen molar-refractivity contribution in [3.05, 3.63) is 64.0 Å². The third-order valence-electron chi connectivity index (χ3n) is 4.89. The molecule has 0 radical (unpaired) electrons. The summed E-state index contributed by atoms with van der Waals surface area (Å²) in [5.41, 5.74) is 2.86. The van der Waals surface area contributed by atoms with E-state index in [9.17, 15) is 14.4 Å². The second-order valence-corrected chi connectivity index (χ2v) is 8.08. The highest BCUT2D eigenvalue weighted by Crippen LogP contribution is 2.24. The van der Waals surface area contributed by atoms with Crippen LogP contribution < -0.4 is 4.80 Å². The molecule has 0 spiro atoms. The molecule has 6 nitrogen and oxygen atoms in total. The molecule has 0 saturated carbocycles. The van der Waals surface area contributed by atoms with Crippen molar-refractivity contribution in [2.45, 2.75) is 19.8 Å². The third kappa shape index (κ3) is 2.97. The number of hydrogen-bond donors (Lipinski definition) is 0. The summed E-state index contributed by atoms with van der Waals surface area (Å²) in [6.07, 6.45) is 0. The molecule has 7 heteroatoms. The maximum absolute atomic E-state index is 12.5. The highest BCUT2D eigenvalue weighted by Gasteiger charge is 2.36. The van der Waals surface area contributed by atoms with Crippen LogP contribution in [0.15, 0.2) is 47.5 Å². The number of imide groups is 1. The normalized spacial score (nSPS) is 14.4. The Morgan fingerprint density at radius 1 is 1.07 bits per heavy atom. The lowest BCUT2D eigenvalue weighted by molar-refractivity contribution is -0.118. The number of fused-ring (bicyclic) bond motifs is 2. The van der Waals surface area contributed by atoms with Gasteiger partial charge < -0.3 is 4.57 Å². The van der Waals surface area contributed by atoms with Crippen molar-refractivity contribution in [1.29, 1.82) is 0 Å². The van der Waals surface area contributed by atoms with Gasteiger partial charge in [-0.05, 0) is 35.7 Å². The summed E-state index contributed by atoms with van der Waals surface area (Å²) in [5, 5.41) is 0. The zero-order valence-electron chi connectivity index (χ0n) is 15.8. The van der Waals surface area contributed by atoms with Gasteiger partial charge in [-0.25, -0.2) is 0 Å². The number of hydrogen-bond acceptors (Lipinski definition) is 4. The average molecular weight is 393 g/mol. The van der Waals surface area contributed by atoms with Gasteiger partial charge in [0.05, 0.1) is 21.3 Å². The van der Waals surface area contributed by atoms with Crippen molar-refractivity contribution >= 4 is 39.3 Å². The Labute approximate surface area is 165 Å². The van der Waals surface area contributed by atoms with Crippen molar-refractivity contribution in [1.82, 2.24) is 9.47 Å². The van der Waals surface area contributed by atoms with Gasteiger partial charge in [0.1, 0.15) is 6.54 Å². The van der Waals surface area contributed by atoms with E-state index in [2.05, 4.69) is 31.0 Å². The minimum Gasteiger partial charge on any atom is -0.319 e. The second kappa shape index (κ2) is 6.83. The highest BCUT2D eigenvalue weighted by atomic mass is 32.1. The lowest BCUT2D eigenvalue weighted by Crippen LogP contribution is -2.35. The summed E-state index contributed by atoms with van der Waals surface area (Å²) in [5.74, 6) is -1.02. The zero-order valence-corrected chi connectivity index (χ0v) is 16.6. The molecular weight excluding hydrogens is 374 g/mol. The van der Waals surface area contributed by atoms with Crippen molar-refractivity contribution in [3.8, 4) is 0 Å². The van der Waals surface area contributed by atoms with Gasteiger partial charge in [0.15, 0.2) is 4.80 Å². The van der Waals surface area contributed by atoms with Gasteiger partial charge in [0, 0.05) is 7.05 Å². The van der Waals surface area contributed by atoms with Gasteiger partial charge in [0.25, 0.3) is 17.7 Å². The van der Waals surface area contributed by atoms with Gasteiger partial charge in [0.2, 0.25) is 0 Å². The van der Waals surface area contributed by atoms with Gasteiger partial charge in [-0.1, -0.05) is 43.4 Å². The lowest BCUT2D eigenvalue weighted by atomic mass is 10.0. The molecule has 3 amide bonds. The maximum Gasteiger partial charge on any atom is 0.268 e. The number of amides is 3. The average Bonchev–Trinajstić information content (AvgIpc) is 3.11. The fraction of sp³-hybridized carbons (Fsp3) is 0.238. The van der Waals surface area contributed by atoms with E-state index < -0.39 is 17.7 Å². The summed E-state index contributed by atoms with van der Waals surface area (Å²) >= 11 is 1.42. The summed E-state index contributed by atoms with van der Waals surface area (Å²) in [6.45, 7) is 3.90. The number of rotatable bonds is 3. The summed E-state index contributed by atoms with van der Waals surface area (Å²) in [6, 6.07) is 12.8. The Kier molecular flexibility index (Phi) is 4.47. The first-order chi connectivity index (χ1) is 13.4. The molecule has 2 aromatic carbocycles. The minimum absolute atomic E-state index is 0.328. The summed E-state index contributed by atoms with van der Waals surface area (Å²) in [7, 11) is 1.85. The smallest absolute Gasteiger partial charge is 0.268 e. The molecule has 0 atom stereocenters. The first-order valence-corrected chi connectivity index (χ1v) is 9.80. The number of benzene rings is 2. The van der Waals surface area contributed by atoms with Crippen LogP contribution in [-0.4, -0.2) is 33.7 Å². The Balaban J connectivity index is 1.63. The number of thiazole rings is 1. The highest BCUT2D eigenvalue weighted by molar-refractivity contribution is 7.16. The van der Waals surface area contributed by atoms with E-state index in [0.717, 1.165) is 15.1 Å². The van der Waals surface area contributed by atoms with Gasteiger partial charge in [-0.15, -0.1) is 0 Å². The van der Waals surface area contributed by atoms with Crippen molar-refractivity contribution in [3.63, 3.8) is 0 Å². The minimum atomic E-state index is -0.527. The van der Waals surface area contributed by atoms with Crippen LogP contribution in [-0.2, 0) is 11.8 Å². The van der Waals surface area contributed by atoms with Crippen molar-refractivity contribution in [2.24, 2.45) is 12.0 Å². The van der Waals surface area contributed by atoms with Crippen LogP contribution in [0.25, 0.3) is 10.2 Å². The third-order valence-corrected chi connectivity index (χ3v) is 5.99. The topological polar surface area (TPSA) is 71.7 Å². The molecule has 1 aliphatic rings. The van der Waals surface area contributed by atoms with Crippen LogP contribution >= 0.6 is 11.3 Å². The predicted molar refractivity (Wildman–Crippen MR) is 107 cm³/mol. The molecule has 0 fully saturated rings. The molecule has 4 rings (SSSR count). The quantitative estimate of drug-likeness (QED) is 0.642. The first kappa shape index (κ1) is 18.3. The van der Waals surface area contributed by atoms with Crippen LogP contribution in [0.4, 0.5) is 0 Å². The number of nitrogens with zero attached hydrogens (tertiary/aromatic N) is 3. The van der Waals surface area contributed by atoms with Crippen LogP contribution in [0.3, 0.4) is 0 Å². The molecule has 0 saturated heterocycles. The molecule has 28 heavy (non-hydrogen) atoms. The van der Waals surface area contributed by atoms with Crippen molar-refractivity contribution in [2.75, 3.05) is 6.54 Å². The van der Waals surface area contributed by atoms with Crippen LogP contribution in [0.5, 0.6) is 0 Å². The number of aromatic nitrogens is 1. The molecule has 1 aromatic heterocycles. The molecule has 1 aliphatic heterocycles. The number of carbonyl (C=O) groups is 3. The lowest BCUT2D eigenvalue weighted by Gasteiger charge is -2.10. The monoisotopic (exact) mass is 393 g/mol. The molecule has 0 bridgehead atoms. The van der Waals surface area contributed by atoms with Gasteiger partial charge in [-0.3, -0.25) is 19.3 Å². The molecule has 142 valence electrons. The van der Waals surface area contributed by atoms with Crippen LogP contribution in [0, 0.1) is 0 Å². The SMILES string of the molecule is CC(C)c1ccc2c(c1)sc(=NC(=O)CN1C(=O)c3ccccc3C1=O)n2C. The van der Waals surface area contributed by atoms with Crippen LogP contribution in [0.2, 0.25) is 0 Å². The van der Waals surface area contributed by atoms with E-state index in [0.29, 0.717) is 21.8 Å². The first-order valence-electron chi connectivity index (χ1n) is 8.99. The van der Waals surface area contributed by atoms with E-state index >= 15 is 0 Å². The fourth-order valence-electron chi connectivity index (χ4n) is 3.28. The second-order valence-electron chi connectivity index (χ2n) is 7.07. The predicted octanol–water partition coefficient (Wildman–Crippen LogP) is 3.09. The fourth-order valence-corrected chi connectivity index (χ4v) is 4.36. The molecule has 0 unspecified atom stereocenters. The zero-order chi connectivity index (χ0) is 20.0. The Hall–Kier alpha value is -3.06. The van der Waals surface area contributed by atoms with Crippen LogP contribution in [0.1, 0.15) is 46.0 Å².